The third-order valence-corrected chi connectivity index (χ3v) is 3.68. The number of nitriles is 1. The van der Waals surface area contributed by atoms with Crippen molar-refractivity contribution in [3.8, 4) is 6.07 Å². The molecule has 0 atom stereocenters. The lowest BCUT2D eigenvalue weighted by Crippen LogP contribution is -2.35. The van der Waals surface area contributed by atoms with Crippen molar-refractivity contribution in [2.45, 2.75) is 6.42 Å². The van der Waals surface area contributed by atoms with Crippen LogP contribution in [-0.4, -0.2) is 25.0 Å². The number of anilines is 2. The van der Waals surface area contributed by atoms with E-state index >= 15 is 0 Å². The zero-order chi connectivity index (χ0) is 19.1. The quantitative estimate of drug-likeness (QED) is 0.618. The maximum atomic E-state index is 13.1. The molecule has 2 rings (SSSR count). The number of nitrogens with zero attached hydrogens (tertiary/aromatic N) is 2. The van der Waals surface area contributed by atoms with Gasteiger partial charge in [-0.1, -0.05) is 11.6 Å². The van der Waals surface area contributed by atoms with Gasteiger partial charge in [0.25, 0.3) is 5.91 Å². The summed E-state index contributed by atoms with van der Waals surface area (Å²) in [5.41, 5.74) is 6.32. The molecule has 8 heteroatoms. The van der Waals surface area contributed by atoms with Crippen molar-refractivity contribution in [1.82, 2.24) is 0 Å². The van der Waals surface area contributed by atoms with E-state index in [1.54, 1.807) is 0 Å². The van der Waals surface area contributed by atoms with E-state index in [0.29, 0.717) is 10.7 Å². The molecule has 0 unspecified atom stereocenters. The Hall–Kier alpha value is -3.11. The summed E-state index contributed by atoms with van der Waals surface area (Å²) in [4.78, 5) is 25.8. The fourth-order valence-electron chi connectivity index (χ4n) is 2.17. The number of carbonyl (C=O) groups is 2. The normalized spacial score (nSPS) is 10.0. The maximum Gasteiger partial charge on any atom is 0.340 e. The second kappa shape index (κ2) is 8.83. The lowest BCUT2D eigenvalue weighted by molar-refractivity contribution is -0.121. The van der Waals surface area contributed by atoms with Crippen LogP contribution in [0.2, 0.25) is 5.02 Å². The lowest BCUT2D eigenvalue weighted by Gasteiger charge is -2.21. The van der Waals surface area contributed by atoms with E-state index in [4.69, 9.17) is 27.3 Å². The highest BCUT2D eigenvalue weighted by atomic mass is 35.5. The molecule has 2 aromatic carbocycles. The van der Waals surface area contributed by atoms with E-state index in [-0.39, 0.29) is 24.2 Å². The number of nitrogens with two attached hydrogens (primary N) is 1. The number of benzene rings is 2. The Bertz CT molecular complexity index is 850. The van der Waals surface area contributed by atoms with Gasteiger partial charge in [0.1, 0.15) is 5.82 Å². The molecule has 0 aliphatic carbocycles. The summed E-state index contributed by atoms with van der Waals surface area (Å²) in [5, 5.41) is 9.06. The van der Waals surface area contributed by atoms with Crippen LogP contribution in [0.3, 0.4) is 0 Å². The number of ether oxygens (including phenoxy) is 1. The maximum absolute atomic E-state index is 13.1. The van der Waals surface area contributed by atoms with Gasteiger partial charge in [-0.3, -0.25) is 4.79 Å². The van der Waals surface area contributed by atoms with Crippen molar-refractivity contribution in [2.75, 3.05) is 23.8 Å². The number of hydrogen-bond acceptors (Lipinski definition) is 5. The Morgan fingerprint density at radius 2 is 1.92 bits per heavy atom. The zero-order valence-electron chi connectivity index (χ0n) is 13.6. The molecule has 0 aliphatic heterocycles. The van der Waals surface area contributed by atoms with Gasteiger partial charge in [0.2, 0.25) is 0 Å². The van der Waals surface area contributed by atoms with Crippen LogP contribution in [-0.2, 0) is 9.53 Å². The van der Waals surface area contributed by atoms with Gasteiger partial charge in [-0.15, -0.1) is 0 Å². The summed E-state index contributed by atoms with van der Waals surface area (Å²) >= 11 is 5.82. The van der Waals surface area contributed by atoms with Crippen LogP contribution in [0.1, 0.15) is 16.8 Å². The number of rotatable bonds is 6. The summed E-state index contributed by atoms with van der Waals surface area (Å²) in [6, 6.07) is 11.5. The smallest absolute Gasteiger partial charge is 0.340 e. The molecule has 26 heavy (non-hydrogen) atoms. The van der Waals surface area contributed by atoms with Crippen molar-refractivity contribution < 1.29 is 18.7 Å². The van der Waals surface area contributed by atoms with Crippen LogP contribution < -0.4 is 10.6 Å². The van der Waals surface area contributed by atoms with Crippen molar-refractivity contribution in [1.29, 1.82) is 5.26 Å². The van der Waals surface area contributed by atoms with Crippen molar-refractivity contribution in [2.24, 2.45) is 0 Å². The van der Waals surface area contributed by atoms with E-state index in [1.165, 1.54) is 47.4 Å². The van der Waals surface area contributed by atoms with Crippen LogP contribution in [0.4, 0.5) is 15.8 Å². The second-order valence-corrected chi connectivity index (χ2v) is 5.67. The number of nitrogen functional groups attached to an aromatic ring is 1. The number of carbonyl (C=O) groups excluding carboxylic acids is 2. The first-order chi connectivity index (χ1) is 12.4. The van der Waals surface area contributed by atoms with Crippen LogP contribution in [0, 0.1) is 17.1 Å². The van der Waals surface area contributed by atoms with Crippen molar-refractivity contribution in [3.63, 3.8) is 0 Å². The highest BCUT2D eigenvalue weighted by Gasteiger charge is 2.19. The summed E-state index contributed by atoms with van der Waals surface area (Å²) < 4.78 is 18.1. The first-order valence-corrected chi connectivity index (χ1v) is 7.95. The molecule has 0 aliphatic rings. The van der Waals surface area contributed by atoms with Crippen molar-refractivity contribution >= 4 is 34.9 Å². The molecule has 0 spiro atoms. The highest BCUT2D eigenvalue weighted by molar-refractivity contribution is 6.31. The molecule has 0 saturated heterocycles. The van der Waals surface area contributed by atoms with Gasteiger partial charge in [0.15, 0.2) is 6.61 Å². The van der Waals surface area contributed by atoms with E-state index in [2.05, 4.69) is 0 Å². The Balaban J connectivity index is 2.09. The SMILES string of the molecule is N#CCCN(C(=O)COC(=O)c1cc(Cl)ccc1N)c1ccc(F)cc1. The molecular weight excluding hydrogens is 361 g/mol. The Kier molecular flexibility index (Phi) is 6.53. The first kappa shape index (κ1) is 19.2. The molecule has 1 amide bonds. The molecule has 134 valence electrons. The number of halogens is 2. The Morgan fingerprint density at radius 3 is 2.58 bits per heavy atom. The van der Waals surface area contributed by atoms with Gasteiger partial charge in [-0.2, -0.15) is 5.26 Å². The summed E-state index contributed by atoms with van der Waals surface area (Å²) in [6.45, 7) is -0.481. The van der Waals surface area contributed by atoms with Crippen molar-refractivity contribution in [3.05, 3.63) is 58.9 Å². The number of esters is 1. The van der Waals surface area contributed by atoms with Crippen LogP contribution in [0.15, 0.2) is 42.5 Å². The number of hydrogen-bond donors (Lipinski definition) is 1. The molecule has 0 heterocycles. The minimum atomic E-state index is -0.794. The topological polar surface area (TPSA) is 96.4 Å². The summed E-state index contributed by atoms with van der Waals surface area (Å²) in [6.07, 6.45) is 0.0678. The van der Waals surface area contributed by atoms with Crippen LogP contribution in [0.25, 0.3) is 0 Å². The molecule has 0 aromatic heterocycles. The van der Waals surface area contributed by atoms with Gasteiger partial charge in [0, 0.05) is 22.9 Å². The predicted molar refractivity (Wildman–Crippen MR) is 95.1 cm³/mol. The van der Waals surface area contributed by atoms with E-state index in [1.807, 2.05) is 6.07 Å². The third kappa shape index (κ3) is 4.94. The van der Waals surface area contributed by atoms with Gasteiger partial charge in [0.05, 0.1) is 18.1 Å². The van der Waals surface area contributed by atoms with Gasteiger partial charge < -0.3 is 15.4 Å². The molecule has 0 bridgehead atoms. The zero-order valence-corrected chi connectivity index (χ0v) is 14.4. The standard InChI is InChI=1S/C18H15ClFN3O3/c19-12-2-7-16(22)15(10-12)18(25)26-11-17(24)23(9-1-8-21)14-5-3-13(20)4-6-14/h2-7,10H,1,9,11,22H2. The molecule has 6 nitrogen and oxygen atoms in total. The first-order valence-electron chi connectivity index (χ1n) is 7.57. The molecule has 2 N–H and O–H groups in total. The monoisotopic (exact) mass is 375 g/mol. The summed E-state index contributed by atoms with van der Waals surface area (Å²) in [7, 11) is 0. The Labute approximate surface area is 154 Å². The average Bonchev–Trinajstić information content (AvgIpc) is 2.63. The number of amides is 1. The average molecular weight is 376 g/mol. The molecule has 0 radical (unpaired) electrons. The highest BCUT2D eigenvalue weighted by Crippen LogP contribution is 2.19. The summed E-state index contributed by atoms with van der Waals surface area (Å²) in [5.74, 6) is -1.80. The third-order valence-electron chi connectivity index (χ3n) is 3.45. The predicted octanol–water partition coefficient (Wildman–Crippen LogP) is 3.16. The fourth-order valence-corrected chi connectivity index (χ4v) is 2.34. The molecule has 2 aromatic rings. The van der Waals surface area contributed by atoms with Gasteiger partial charge in [-0.05, 0) is 42.5 Å². The van der Waals surface area contributed by atoms with Crippen LogP contribution in [0.5, 0.6) is 0 Å². The van der Waals surface area contributed by atoms with Gasteiger partial charge in [-0.25, -0.2) is 9.18 Å². The molecule has 0 saturated carbocycles. The van der Waals surface area contributed by atoms with Gasteiger partial charge >= 0.3 is 5.97 Å². The Morgan fingerprint density at radius 1 is 1.23 bits per heavy atom. The minimum absolute atomic E-state index is 0.0515. The molecular formula is C18H15ClFN3O3. The van der Waals surface area contributed by atoms with E-state index in [9.17, 15) is 14.0 Å². The van der Waals surface area contributed by atoms with Crippen LogP contribution >= 0.6 is 11.6 Å². The largest absolute Gasteiger partial charge is 0.452 e. The second-order valence-electron chi connectivity index (χ2n) is 5.24. The molecule has 0 fully saturated rings. The fraction of sp³-hybridized carbons (Fsp3) is 0.167. The van der Waals surface area contributed by atoms with E-state index < -0.39 is 24.3 Å². The lowest BCUT2D eigenvalue weighted by atomic mass is 10.2. The minimum Gasteiger partial charge on any atom is -0.452 e. The van der Waals surface area contributed by atoms with E-state index in [0.717, 1.165) is 0 Å².